The van der Waals surface area contributed by atoms with Crippen LogP contribution in [0.2, 0.25) is 5.02 Å². The molecule has 1 amide bonds. The summed E-state index contributed by atoms with van der Waals surface area (Å²) in [5, 5.41) is 4.10. The Morgan fingerprint density at radius 3 is 2.80 bits per heavy atom. The summed E-state index contributed by atoms with van der Waals surface area (Å²) < 4.78 is 0. The highest BCUT2D eigenvalue weighted by Gasteiger charge is 2.27. The fourth-order valence-corrected chi connectivity index (χ4v) is 3.49. The third-order valence-corrected chi connectivity index (χ3v) is 4.90. The van der Waals surface area contributed by atoms with Gasteiger partial charge in [-0.15, -0.1) is 12.4 Å². The number of carbonyl (C=O) groups is 1. The average molecular weight is 379 g/mol. The van der Waals surface area contributed by atoms with Gasteiger partial charge in [-0.1, -0.05) is 48.0 Å². The highest BCUT2D eigenvalue weighted by Crippen LogP contribution is 2.25. The SMILES string of the molecule is Cc1ccccc1CCC(=O)N1CCNCC1c1cccc(Cl)c1.Cl. The summed E-state index contributed by atoms with van der Waals surface area (Å²) in [6.07, 6.45) is 1.33. The van der Waals surface area contributed by atoms with Crippen molar-refractivity contribution in [1.82, 2.24) is 10.2 Å². The van der Waals surface area contributed by atoms with E-state index in [2.05, 4.69) is 24.4 Å². The van der Waals surface area contributed by atoms with Gasteiger partial charge in [-0.05, 0) is 42.2 Å². The molecule has 1 aliphatic heterocycles. The van der Waals surface area contributed by atoms with Crippen LogP contribution in [0.5, 0.6) is 0 Å². The van der Waals surface area contributed by atoms with Crippen LogP contribution >= 0.6 is 24.0 Å². The van der Waals surface area contributed by atoms with Crippen LogP contribution in [0, 0.1) is 6.92 Å². The summed E-state index contributed by atoms with van der Waals surface area (Å²) in [6.45, 7) is 4.45. The predicted molar refractivity (Wildman–Crippen MR) is 106 cm³/mol. The second-order valence-corrected chi connectivity index (χ2v) is 6.72. The largest absolute Gasteiger partial charge is 0.333 e. The van der Waals surface area contributed by atoms with Crippen LogP contribution in [0.1, 0.15) is 29.2 Å². The van der Waals surface area contributed by atoms with Gasteiger partial charge in [0, 0.05) is 31.1 Å². The number of amides is 1. The summed E-state index contributed by atoms with van der Waals surface area (Å²) in [5.41, 5.74) is 3.59. The Labute approximate surface area is 160 Å². The lowest BCUT2D eigenvalue weighted by Crippen LogP contribution is -2.48. The molecule has 1 saturated heterocycles. The maximum Gasteiger partial charge on any atom is 0.223 e. The Kier molecular flexibility index (Phi) is 7.30. The van der Waals surface area contributed by atoms with E-state index in [4.69, 9.17) is 11.6 Å². The Morgan fingerprint density at radius 2 is 2.04 bits per heavy atom. The third kappa shape index (κ3) is 4.97. The van der Waals surface area contributed by atoms with Crippen molar-refractivity contribution in [2.75, 3.05) is 19.6 Å². The smallest absolute Gasteiger partial charge is 0.223 e. The lowest BCUT2D eigenvalue weighted by Gasteiger charge is -2.36. The first kappa shape index (κ1) is 19.8. The molecular formula is C20H24Cl2N2O. The Balaban J connectivity index is 0.00000225. The molecule has 1 unspecified atom stereocenters. The number of piperazine rings is 1. The average Bonchev–Trinajstić information content (AvgIpc) is 2.61. The maximum absolute atomic E-state index is 12.8. The topological polar surface area (TPSA) is 32.3 Å². The van der Waals surface area contributed by atoms with Gasteiger partial charge in [0.05, 0.1) is 6.04 Å². The molecule has 1 aliphatic rings. The number of hydrogen-bond donors (Lipinski definition) is 1. The molecule has 2 aromatic rings. The van der Waals surface area contributed by atoms with Crippen molar-refractivity contribution in [3.8, 4) is 0 Å². The van der Waals surface area contributed by atoms with Gasteiger partial charge in [0.2, 0.25) is 5.91 Å². The van der Waals surface area contributed by atoms with Crippen LogP contribution in [-0.2, 0) is 11.2 Å². The minimum Gasteiger partial charge on any atom is -0.333 e. The lowest BCUT2D eigenvalue weighted by atomic mass is 10.0. The molecule has 0 saturated carbocycles. The zero-order chi connectivity index (χ0) is 16.9. The van der Waals surface area contributed by atoms with Gasteiger partial charge in [-0.2, -0.15) is 0 Å². The molecule has 5 heteroatoms. The number of hydrogen-bond acceptors (Lipinski definition) is 2. The highest BCUT2D eigenvalue weighted by atomic mass is 35.5. The molecule has 0 aliphatic carbocycles. The molecule has 3 nitrogen and oxygen atoms in total. The van der Waals surface area contributed by atoms with Crippen LogP contribution in [-0.4, -0.2) is 30.4 Å². The summed E-state index contributed by atoms with van der Waals surface area (Å²) >= 11 is 6.13. The van der Waals surface area contributed by atoms with Gasteiger partial charge in [-0.3, -0.25) is 4.79 Å². The van der Waals surface area contributed by atoms with E-state index >= 15 is 0 Å². The van der Waals surface area contributed by atoms with E-state index < -0.39 is 0 Å². The van der Waals surface area contributed by atoms with Crippen molar-refractivity contribution in [3.63, 3.8) is 0 Å². The molecule has 1 N–H and O–H groups in total. The number of halogens is 2. The second-order valence-electron chi connectivity index (χ2n) is 6.29. The Bertz CT molecular complexity index is 720. The number of nitrogens with one attached hydrogen (secondary N) is 1. The number of carbonyl (C=O) groups excluding carboxylic acids is 1. The minimum atomic E-state index is 0. The van der Waals surface area contributed by atoms with E-state index in [1.165, 1.54) is 11.1 Å². The van der Waals surface area contributed by atoms with Crippen LogP contribution in [0.15, 0.2) is 48.5 Å². The van der Waals surface area contributed by atoms with Gasteiger partial charge in [0.15, 0.2) is 0 Å². The number of aryl methyl sites for hydroxylation is 2. The fourth-order valence-electron chi connectivity index (χ4n) is 3.29. The molecule has 1 fully saturated rings. The number of nitrogens with zero attached hydrogens (tertiary/aromatic N) is 1. The van der Waals surface area contributed by atoms with Gasteiger partial charge in [0.1, 0.15) is 0 Å². The molecular weight excluding hydrogens is 355 g/mol. The van der Waals surface area contributed by atoms with E-state index in [0.29, 0.717) is 11.4 Å². The third-order valence-electron chi connectivity index (χ3n) is 4.67. The fraction of sp³-hybridized carbons (Fsp3) is 0.350. The standard InChI is InChI=1S/C20H23ClN2O.ClH/c1-15-5-2-3-6-16(15)9-10-20(24)23-12-11-22-14-19(23)17-7-4-8-18(21)13-17;/h2-8,13,19,22H,9-12,14H2,1H3;1H. The molecule has 0 radical (unpaired) electrons. The molecule has 2 aromatic carbocycles. The summed E-state index contributed by atoms with van der Waals surface area (Å²) in [5.74, 6) is 0.213. The number of benzene rings is 2. The normalized spacial score (nSPS) is 17.0. The van der Waals surface area contributed by atoms with E-state index in [0.717, 1.165) is 31.6 Å². The molecule has 1 atom stereocenters. The molecule has 0 aromatic heterocycles. The molecule has 3 rings (SSSR count). The quantitative estimate of drug-likeness (QED) is 0.865. The molecule has 1 heterocycles. The number of rotatable bonds is 4. The highest BCUT2D eigenvalue weighted by molar-refractivity contribution is 6.30. The van der Waals surface area contributed by atoms with E-state index in [-0.39, 0.29) is 24.4 Å². The van der Waals surface area contributed by atoms with E-state index in [9.17, 15) is 4.79 Å². The summed E-state index contributed by atoms with van der Waals surface area (Å²) in [6, 6.07) is 16.1. The van der Waals surface area contributed by atoms with Crippen LogP contribution in [0.4, 0.5) is 0 Å². The van der Waals surface area contributed by atoms with Gasteiger partial charge >= 0.3 is 0 Å². The van der Waals surface area contributed by atoms with Gasteiger partial charge in [-0.25, -0.2) is 0 Å². The van der Waals surface area contributed by atoms with Crippen molar-refractivity contribution in [3.05, 3.63) is 70.2 Å². The van der Waals surface area contributed by atoms with Crippen molar-refractivity contribution in [2.45, 2.75) is 25.8 Å². The summed E-state index contributed by atoms with van der Waals surface area (Å²) in [7, 11) is 0. The van der Waals surface area contributed by atoms with Crippen molar-refractivity contribution >= 4 is 29.9 Å². The van der Waals surface area contributed by atoms with Gasteiger partial charge < -0.3 is 10.2 Å². The first-order valence-corrected chi connectivity index (χ1v) is 8.83. The monoisotopic (exact) mass is 378 g/mol. The molecule has 25 heavy (non-hydrogen) atoms. The Morgan fingerprint density at radius 1 is 1.24 bits per heavy atom. The van der Waals surface area contributed by atoms with Crippen LogP contribution in [0.25, 0.3) is 0 Å². The lowest BCUT2D eigenvalue weighted by molar-refractivity contribution is -0.134. The minimum absolute atomic E-state index is 0. The van der Waals surface area contributed by atoms with Crippen LogP contribution < -0.4 is 5.32 Å². The van der Waals surface area contributed by atoms with E-state index in [1.807, 2.05) is 41.3 Å². The Hall–Kier alpha value is -1.55. The zero-order valence-corrected chi connectivity index (χ0v) is 15.9. The maximum atomic E-state index is 12.8. The van der Waals surface area contributed by atoms with Crippen LogP contribution in [0.3, 0.4) is 0 Å². The first-order valence-electron chi connectivity index (χ1n) is 8.45. The first-order chi connectivity index (χ1) is 11.6. The second kappa shape index (κ2) is 9.23. The molecule has 0 bridgehead atoms. The molecule has 134 valence electrons. The van der Waals surface area contributed by atoms with Crippen molar-refractivity contribution in [1.29, 1.82) is 0 Å². The summed E-state index contributed by atoms with van der Waals surface area (Å²) in [4.78, 5) is 14.8. The van der Waals surface area contributed by atoms with E-state index in [1.54, 1.807) is 0 Å². The zero-order valence-electron chi connectivity index (χ0n) is 14.4. The molecule has 0 spiro atoms. The van der Waals surface area contributed by atoms with Crippen molar-refractivity contribution < 1.29 is 4.79 Å². The predicted octanol–water partition coefficient (Wildman–Crippen LogP) is 4.18. The van der Waals surface area contributed by atoms with Crippen molar-refractivity contribution in [2.24, 2.45) is 0 Å². The van der Waals surface area contributed by atoms with Gasteiger partial charge in [0.25, 0.3) is 0 Å².